The van der Waals surface area contributed by atoms with E-state index in [-0.39, 0.29) is 23.2 Å². The fourth-order valence-electron chi connectivity index (χ4n) is 4.07. The first kappa shape index (κ1) is 18.6. The van der Waals surface area contributed by atoms with Gasteiger partial charge < -0.3 is 24.4 Å². The molecular weight excluding hydrogens is 330 g/mol. The van der Waals surface area contributed by atoms with Gasteiger partial charge in [0.15, 0.2) is 0 Å². The summed E-state index contributed by atoms with van der Waals surface area (Å²) in [4.78, 5) is 14.7. The van der Waals surface area contributed by atoms with Crippen molar-refractivity contribution in [2.45, 2.75) is 70.7 Å². The summed E-state index contributed by atoms with van der Waals surface area (Å²) in [7, 11) is 0. The minimum Gasteiger partial charge on any atom is -0.467 e. The lowest BCUT2D eigenvalue weighted by atomic mass is 9.80. The second-order valence-corrected chi connectivity index (χ2v) is 8.46. The summed E-state index contributed by atoms with van der Waals surface area (Å²) < 4.78 is 10.9. The maximum atomic E-state index is 13.0. The predicted molar refractivity (Wildman–Crippen MR) is 99.5 cm³/mol. The molecule has 3 rings (SSSR count). The zero-order valence-electron chi connectivity index (χ0n) is 16.0. The van der Waals surface area contributed by atoms with Gasteiger partial charge in [0.05, 0.1) is 25.6 Å². The van der Waals surface area contributed by atoms with Crippen molar-refractivity contribution in [2.24, 2.45) is 0 Å². The average molecular weight is 359 g/mol. The van der Waals surface area contributed by atoms with E-state index >= 15 is 0 Å². The molecule has 2 aromatic rings. The maximum Gasteiger partial charge on any atom is 0.318 e. The summed E-state index contributed by atoms with van der Waals surface area (Å²) >= 11 is 0. The monoisotopic (exact) mass is 359 g/mol. The van der Waals surface area contributed by atoms with Crippen LogP contribution in [-0.2, 0) is 13.1 Å². The van der Waals surface area contributed by atoms with Crippen LogP contribution in [0.3, 0.4) is 0 Å². The van der Waals surface area contributed by atoms with E-state index in [9.17, 15) is 4.79 Å². The van der Waals surface area contributed by atoms with Crippen molar-refractivity contribution in [3.63, 3.8) is 0 Å². The van der Waals surface area contributed by atoms with Gasteiger partial charge in [0.2, 0.25) is 0 Å². The van der Waals surface area contributed by atoms with Crippen LogP contribution >= 0.6 is 0 Å². The number of urea groups is 1. The van der Waals surface area contributed by atoms with Crippen LogP contribution in [0.15, 0.2) is 45.6 Å². The van der Waals surface area contributed by atoms with Crippen LogP contribution in [0.2, 0.25) is 0 Å². The minimum atomic E-state index is -0.101. The summed E-state index contributed by atoms with van der Waals surface area (Å²) in [5.41, 5.74) is -0.0426. The van der Waals surface area contributed by atoms with E-state index in [0.717, 1.165) is 24.4 Å². The smallest absolute Gasteiger partial charge is 0.318 e. The van der Waals surface area contributed by atoms with Crippen molar-refractivity contribution in [1.29, 1.82) is 0 Å². The van der Waals surface area contributed by atoms with Gasteiger partial charge in [0, 0.05) is 17.1 Å². The molecule has 0 aromatic carbocycles. The van der Waals surface area contributed by atoms with Crippen LogP contribution in [0.4, 0.5) is 4.79 Å². The van der Waals surface area contributed by atoms with E-state index in [4.69, 9.17) is 8.83 Å². The molecule has 2 aromatic heterocycles. The highest BCUT2D eigenvalue weighted by atomic mass is 16.3. The lowest BCUT2D eigenvalue weighted by Gasteiger charge is -2.46. The number of hydrogen-bond donors (Lipinski definition) is 2. The van der Waals surface area contributed by atoms with Crippen molar-refractivity contribution in [1.82, 2.24) is 15.5 Å². The Morgan fingerprint density at radius 2 is 1.58 bits per heavy atom. The van der Waals surface area contributed by atoms with Gasteiger partial charge in [-0.05, 0) is 64.8 Å². The first-order chi connectivity index (χ1) is 12.2. The van der Waals surface area contributed by atoms with Gasteiger partial charge in [-0.3, -0.25) is 0 Å². The van der Waals surface area contributed by atoms with Crippen molar-refractivity contribution in [2.75, 3.05) is 0 Å². The Labute approximate surface area is 154 Å². The van der Waals surface area contributed by atoms with Crippen molar-refractivity contribution in [3.8, 4) is 0 Å². The van der Waals surface area contributed by atoms with Crippen molar-refractivity contribution in [3.05, 3.63) is 48.3 Å². The van der Waals surface area contributed by atoms with Gasteiger partial charge in [-0.1, -0.05) is 0 Å². The van der Waals surface area contributed by atoms with E-state index in [0.29, 0.717) is 13.1 Å². The average Bonchev–Trinajstić information content (AvgIpc) is 3.16. The number of piperidine rings is 1. The first-order valence-electron chi connectivity index (χ1n) is 9.12. The Morgan fingerprint density at radius 3 is 2.00 bits per heavy atom. The highest BCUT2D eigenvalue weighted by molar-refractivity contribution is 5.74. The van der Waals surface area contributed by atoms with E-state index < -0.39 is 0 Å². The third-order valence-electron chi connectivity index (χ3n) is 4.66. The molecule has 1 aliphatic heterocycles. The van der Waals surface area contributed by atoms with E-state index in [1.54, 1.807) is 17.4 Å². The molecule has 142 valence electrons. The number of rotatable bonds is 5. The summed E-state index contributed by atoms with van der Waals surface area (Å²) in [5, 5.41) is 6.86. The predicted octanol–water partition coefficient (Wildman–Crippen LogP) is 3.89. The summed E-state index contributed by atoms with van der Waals surface area (Å²) in [5.74, 6) is 1.50. The molecule has 0 radical (unpaired) electrons. The molecule has 1 saturated heterocycles. The third kappa shape index (κ3) is 4.91. The number of nitrogens with one attached hydrogen (secondary N) is 2. The molecule has 1 aliphatic rings. The van der Waals surface area contributed by atoms with Crippen molar-refractivity contribution < 1.29 is 13.6 Å². The van der Waals surface area contributed by atoms with Gasteiger partial charge in [-0.2, -0.15) is 0 Å². The lowest BCUT2D eigenvalue weighted by Crippen LogP contribution is -2.62. The van der Waals surface area contributed by atoms with Crippen LogP contribution in [0.1, 0.15) is 52.1 Å². The van der Waals surface area contributed by atoms with Crippen LogP contribution in [0.5, 0.6) is 0 Å². The Hall–Kier alpha value is -2.21. The Balaban J connectivity index is 1.70. The zero-order valence-corrected chi connectivity index (χ0v) is 16.0. The number of carbonyl (C=O) groups excluding carboxylic acids is 1. The molecule has 6 nitrogen and oxygen atoms in total. The third-order valence-corrected chi connectivity index (χ3v) is 4.66. The van der Waals surface area contributed by atoms with E-state index in [1.165, 1.54) is 0 Å². The van der Waals surface area contributed by atoms with Gasteiger partial charge in [-0.15, -0.1) is 0 Å². The highest BCUT2D eigenvalue weighted by Crippen LogP contribution is 2.28. The van der Waals surface area contributed by atoms with Crippen LogP contribution in [0, 0.1) is 0 Å². The SMILES string of the molecule is CC1(C)CC(NC(=O)N(Cc2ccco2)Cc2ccco2)CC(C)(C)N1. The molecular formula is C20H29N3O3. The Morgan fingerprint density at radius 1 is 1.08 bits per heavy atom. The Bertz CT molecular complexity index is 653. The van der Waals surface area contributed by atoms with Crippen LogP contribution < -0.4 is 10.6 Å². The van der Waals surface area contributed by atoms with Crippen LogP contribution in [0.25, 0.3) is 0 Å². The van der Waals surface area contributed by atoms with E-state index in [1.807, 2.05) is 24.3 Å². The van der Waals surface area contributed by atoms with Crippen molar-refractivity contribution >= 4 is 6.03 Å². The standard InChI is InChI=1S/C20H29N3O3/c1-19(2)11-15(12-20(3,4)22-19)21-18(24)23(13-16-7-5-9-25-16)14-17-8-6-10-26-17/h5-10,15,22H,11-14H2,1-4H3,(H,21,24). The molecule has 3 heterocycles. The Kier molecular flexibility index (Phi) is 5.14. The molecule has 0 unspecified atom stereocenters. The summed E-state index contributed by atoms with van der Waals surface area (Å²) in [6, 6.07) is 7.42. The number of carbonyl (C=O) groups is 1. The largest absolute Gasteiger partial charge is 0.467 e. The molecule has 0 bridgehead atoms. The normalized spacial score (nSPS) is 19.2. The van der Waals surface area contributed by atoms with Gasteiger partial charge >= 0.3 is 6.03 Å². The van der Waals surface area contributed by atoms with Gasteiger partial charge in [0.1, 0.15) is 11.5 Å². The molecule has 0 saturated carbocycles. The molecule has 0 atom stereocenters. The summed E-state index contributed by atoms with van der Waals surface area (Å²) in [6.45, 7) is 9.51. The lowest BCUT2D eigenvalue weighted by molar-refractivity contribution is 0.134. The summed E-state index contributed by atoms with van der Waals surface area (Å²) in [6.07, 6.45) is 5.02. The fourth-order valence-corrected chi connectivity index (χ4v) is 4.07. The number of hydrogen-bond acceptors (Lipinski definition) is 4. The van der Waals surface area contributed by atoms with Gasteiger partial charge in [-0.25, -0.2) is 4.79 Å². The highest BCUT2D eigenvalue weighted by Gasteiger charge is 2.38. The second kappa shape index (κ2) is 7.19. The van der Waals surface area contributed by atoms with E-state index in [2.05, 4.69) is 38.3 Å². The first-order valence-corrected chi connectivity index (χ1v) is 9.12. The van der Waals surface area contributed by atoms with Gasteiger partial charge in [0.25, 0.3) is 0 Å². The second-order valence-electron chi connectivity index (χ2n) is 8.46. The topological polar surface area (TPSA) is 70.7 Å². The molecule has 2 amide bonds. The number of amides is 2. The number of furan rings is 2. The van der Waals surface area contributed by atoms with Crippen LogP contribution in [-0.4, -0.2) is 28.1 Å². The quantitative estimate of drug-likeness (QED) is 0.849. The number of nitrogens with zero attached hydrogens (tertiary/aromatic N) is 1. The fraction of sp³-hybridized carbons (Fsp3) is 0.550. The zero-order chi connectivity index (χ0) is 18.8. The molecule has 0 aliphatic carbocycles. The molecule has 6 heteroatoms. The molecule has 26 heavy (non-hydrogen) atoms. The molecule has 1 fully saturated rings. The molecule has 2 N–H and O–H groups in total. The minimum absolute atomic E-state index is 0.0213. The maximum absolute atomic E-state index is 13.0. The molecule has 0 spiro atoms.